The van der Waals surface area contributed by atoms with Crippen molar-refractivity contribution in [1.29, 1.82) is 0 Å². The molecule has 0 aromatic carbocycles. The van der Waals surface area contributed by atoms with Crippen LogP contribution in [0.5, 0.6) is 0 Å². The molecule has 0 amide bonds. The predicted octanol–water partition coefficient (Wildman–Crippen LogP) is 1.51. The van der Waals surface area contributed by atoms with E-state index in [1.54, 1.807) is 6.08 Å². The minimum atomic E-state index is 0.121. The number of nitrogens with zero attached hydrogens (tertiary/aromatic N) is 1. The molecule has 3 heteroatoms. The van der Waals surface area contributed by atoms with E-state index in [0.29, 0.717) is 12.0 Å². The molecule has 0 spiro atoms. The van der Waals surface area contributed by atoms with E-state index in [1.165, 1.54) is 17.0 Å². The minimum absolute atomic E-state index is 0.121. The van der Waals surface area contributed by atoms with Crippen molar-refractivity contribution in [2.24, 2.45) is 22.4 Å². The Kier molecular flexibility index (Phi) is 3.30. The van der Waals surface area contributed by atoms with E-state index in [-0.39, 0.29) is 5.54 Å². The van der Waals surface area contributed by atoms with Gasteiger partial charge in [-0.1, -0.05) is 31.7 Å². The summed E-state index contributed by atoms with van der Waals surface area (Å²) in [5.41, 5.74) is 1.85. The van der Waals surface area contributed by atoms with Gasteiger partial charge in [0.2, 0.25) is 0 Å². The summed E-state index contributed by atoms with van der Waals surface area (Å²) in [7, 11) is 4.44. The summed E-state index contributed by atoms with van der Waals surface area (Å²) in [5.74, 6) is 1.66. The molecule has 0 saturated heterocycles. The van der Waals surface area contributed by atoms with E-state index in [2.05, 4.69) is 46.6 Å². The zero-order valence-corrected chi connectivity index (χ0v) is 12.4. The number of fused-ring (bicyclic) bond motifs is 1. The molecule has 0 aliphatic heterocycles. The zero-order valence-electron chi connectivity index (χ0n) is 12.4. The van der Waals surface area contributed by atoms with Crippen LogP contribution in [0.3, 0.4) is 0 Å². The van der Waals surface area contributed by atoms with E-state index in [0.717, 1.165) is 18.3 Å². The van der Waals surface area contributed by atoms with Crippen LogP contribution in [0.4, 0.5) is 0 Å². The van der Waals surface area contributed by atoms with Gasteiger partial charge in [0.25, 0.3) is 0 Å². The number of hydrogen-bond acceptors (Lipinski definition) is 2. The normalized spacial score (nSPS) is 39.6. The molecule has 2 aliphatic carbocycles. The number of quaternary nitrogens is 1. The van der Waals surface area contributed by atoms with Crippen LogP contribution in [-0.2, 0) is 4.84 Å². The Balaban J connectivity index is 2.19. The van der Waals surface area contributed by atoms with Crippen molar-refractivity contribution in [1.82, 2.24) is 0 Å². The Labute approximate surface area is 111 Å². The standard InChI is InChI=1S/C15H26N2O/c1-7-8-18-16-13-9-11-12(14(11,2)3)10-15(13,4)17(5)6/h7,11-12H,1,8-10H2,2-6H3/p+1/b16-13-/t11-,12+,15-/m1/s1. The van der Waals surface area contributed by atoms with Crippen LogP contribution in [0, 0.1) is 17.3 Å². The third-order valence-electron chi connectivity index (χ3n) is 5.44. The first-order chi connectivity index (χ1) is 8.34. The Morgan fingerprint density at radius 3 is 2.61 bits per heavy atom. The van der Waals surface area contributed by atoms with Gasteiger partial charge in [-0.15, -0.1) is 0 Å². The number of hydrogen-bond donors (Lipinski definition) is 1. The highest BCUT2D eigenvalue weighted by Gasteiger charge is 2.65. The Morgan fingerprint density at radius 1 is 1.39 bits per heavy atom. The fraction of sp³-hybridized carbons (Fsp3) is 0.800. The van der Waals surface area contributed by atoms with Crippen LogP contribution in [-0.4, -0.2) is 32.0 Å². The number of rotatable bonds is 4. The van der Waals surface area contributed by atoms with E-state index in [9.17, 15) is 0 Å². The van der Waals surface area contributed by atoms with E-state index >= 15 is 0 Å². The van der Waals surface area contributed by atoms with E-state index < -0.39 is 0 Å². The lowest BCUT2D eigenvalue weighted by atomic mass is 9.80. The molecular weight excluding hydrogens is 224 g/mol. The topological polar surface area (TPSA) is 26.0 Å². The van der Waals surface area contributed by atoms with Gasteiger partial charge >= 0.3 is 0 Å². The molecule has 18 heavy (non-hydrogen) atoms. The maximum Gasteiger partial charge on any atom is 0.137 e. The number of oxime groups is 1. The summed E-state index contributed by atoms with van der Waals surface area (Å²) in [6.07, 6.45) is 4.07. The summed E-state index contributed by atoms with van der Waals surface area (Å²) in [4.78, 5) is 6.81. The van der Waals surface area contributed by atoms with Crippen molar-refractivity contribution in [3.63, 3.8) is 0 Å². The molecule has 2 rings (SSSR count). The monoisotopic (exact) mass is 251 g/mol. The SMILES string of the molecule is C=CCO/N=C1/C[C@@H]2[C@H](C[C@@]1(C)[NH+](C)C)C2(C)C. The minimum Gasteiger partial charge on any atom is -0.391 e. The average molecular weight is 251 g/mol. The summed E-state index contributed by atoms with van der Waals surface area (Å²) in [6, 6.07) is 0. The molecule has 0 aromatic rings. The lowest BCUT2D eigenvalue weighted by molar-refractivity contribution is -0.901. The van der Waals surface area contributed by atoms with Crippen LogP contribution in [0.25, 0.3) is 0 Å². The van der Waals surface area contributed by atoms with Gasteiger partial charge in [-0.25, -0.2) is 0 Å². The van der Waals surface area contributed by atoms with Crippen molar-refractivity contribution >= 4 is 5.71 Å². The van der Waals surface area contributed by atoms with Crippen molar-refractivity contribution in [2.75, 3.05) is 20.7 Å². The highest BCUT2D eigenvalue weighted by molar-refractivity contribution is 5.93. The van der Waals surface area contributed by atoms with Gasteiger partial charge in [0.05, 0.1) is 14.1 Å². The van der Waals surface area contributed by atoms with Crippen molar-refractivity contribution in [3.8, 4) is 0 Å². The van der Waals surface area contributed by atoms with Crippen LogP contribution >= 0.6 is 0 Å². The summed E-state index contributed by atoms with van der Waals surface area (Å²) in [6.45, 7) is 11.3. The molecule has 0 bridgehead atoms. The van der Waals surface area contributed by atoms with Crippen LogP contribution in [0.1, 0.15) is 33.6 Å². The maximum atomic E-state index is 5.36. The van der Waals surface area contributed by atoms with Gasteiger partial charge in [-0.2, -0.15) is 0 Å². The molecule has 102 valence electrons. The van der Waals surface area contributed by atoms with Crippen molar-refractivity contribution in [2.45, 2.75) is 39.2 Å². The molecular formula is C15H27N2O+. The lowest BCUT2D eigenvalue weighted by Gasteiger charge is -2.36. The molecule has 3 atom stereocenters. The van der Waals surface area contributed by atoms with Crippen molar-refractivity contribution < 1.29 is 9.74 Å². The summed E-state index contributed by atoms with van der Waals surface area (Å²) < 4.78 is 0. The Morgan fingerprint density at radius 2 is 2.06 bits per heavy atom. The summed E-state index contributed by atoms with van der Waals surface area (Å²) >= 11 is 0. The lowest BCUT2D eigenvalue weighted by Crippen LogP contribution is -3.16. The predicted molar refractivity (Wildman–Crippen MR) is 74.8 cm³/mol. The Bertz CT molecular complexity index is 373. The van der Waals surface area contributed by atoms with Gasteiger partial charge in [0, 0.05) is 6.42 Å². The fourth-order valence-electron chi connectivity index (χ4n) is 3.46. The first-order valence-corrected chi connectivity index (χ1v) is 6.95. The second-order valence-corrected chi connectivity index (χ2v) is 6.90. The molecule has 0 unspecified atom stereocenters. The molecule has 2 fully saturated rings. The van der Waals surface area contributed by atoms with E-state index in [4.69, 9.17) is 4.84 Å². The van der Waals surface area contributed by atoms with Gasteiger partial charge in [0.1, 0.15) is 17.9 Å². The van der Waals surface area contributed by atoms with Crippen LogP contribution < -0.4 is 4.90 Å². The van der Waals surface area contributed by atoms with Crippen LogP contribution in [0.2, 0.25) is 0 Å². The van der Waals surface area contributed by atoms with Gasteiger partial charge in [-0.3, -0.25) is 0 Å². The maximum absolute atomic E-state index is 5.36. The molecule has 0 aromatic heterocycles. The summed E-state index contributed by atoms with van der Waals surface area (Å²) in [5, 5.41) is 4.41. The first kappa shape index (κ1) is 13.6. The highest BCUT2D eigenvalue weighted by Crippen LogP contribution is 2.65. The molecule has 2 aliphatic rings. The molecule has 2 saturated carbocycles. The third kappa shape index (κ3) is 1.99. The van der Waals surface area contributed by atoms with Crippen LogP contribution in [0.15, 0.2) is 17.8 Å². The first-order valence-electron chi connectivity index (χ1n) is 6.95. The van der Waals surface area contributed by atoms with Crippen molar-refractivity contribution in [3.05, 3.63) is 12.7 Å². The second kappa shape index (κ2) is 4.37. The fourth-order valence-corrected chi connectivity index (χ4v) is 3.46. The zero-order chi connectivity index (χ0) is 13.6. The van der Waals surface area contributed by atoms with Gasteiger partial charge in [-0.05, 0) is 30.6 Å². The van der Waals surface area contributed by atoms with Gasteiger partial charge in [0.15, 0.2) is 0 Å². The molecule has 0 radical (unpaired) electrons. The highest BCUT2D eigenvalue weighted by atomic mass is 16.6. The quantitative estimate of drug-likeness (QED) is 0.457. The number of nitrogens with one attached hydrogen (secondary N) is 1. The van der Waals surface area contributed by atoms with E-state index in [1.807, 2.05) is 0 Å². The van der Waals surface area contributed by atoms with Gasteiger partial charge < -0.3 is 9.74 Å². The Hall–Kier alpha value is -0.830. The average Bonchev–Trinajstić information content (AvgIpc) is 2.80. The third-order valence-corrected chi connectivity index (χ3v) is 5.44. The molecule has 3 nitrogen and oxygen atoms in total. The second-order valence-electron chi connectivity index (χ2n) is 6.90. The molecule has 0 heterocycles. The molecule has 1 N–H and O–H groups in total. The largest absolute Gasteiger partial charge is 0.391 e. The smallest absolute Gasteiger partial charge is 0.137 e.